The second-order valence-corrected chi connectivity index (χ2v) is 6.54. The van der Waals surface area contributed by atoms with Gasteiger partial charge in [-0.1, -0.05) is 45.0 Å². The minimum absolute atomic E-state index is 0.0143. The number of benzene rings is 1. The Morgan fingerprint density at radius 3 is 2.14 bits per heavy atom. The lowest BCUT2D eigenvalue weighted by atomic mass is 9.87. The third-order valence-electron chi connectivity index (χ3n) is 2.94. The molecule has 21 heavy (non-hydrogen) atoms. The smallest absolute Gasteiger partial charge is 0.321 e. The Morgan fingerprint density at radius 1 is 1.00 bits per heavy atom. The Balaban J connectivity index is 2.35. The molecule has 0 spiro atoms. The van der Waals surface area contributed by atoms with E-state index < -0.39 is 0 Å². The quantitative estimate of drug-likeness (QED) is 0.849. The van der Waals surface area contributed by atoms with Crippen LogP contribution in [0.3, 0.4) is 0 Å². The van der Waals surface area contributed by atoms with Crippen molar-refractivity contribution in [2.75, 3.05) is 0 Å². The number of ether oxygens (including phenoxy) is 1. The van der Waals surface area contributed by atoms with Gasteiger partial charge in [-0.2, -0.15) is 15.0 Å². The molecule has 1 heterocycles. The Hall–Kier alpha value is -1.68. The predicted octanol–water partition coefficient (Wildman–Crippen LogP) is 4.28. The molecule has 0 aliphatic rings. The fourth-order valence-corrected chi connectivity index (χ4v) is 2.00. The zero-order chi connectivity index (χ0) is 15.6. The second kappa shape index (κ2) is 5.98. The van der Waals surface area contributed by atoms with E-state index in [0.717, 1.165) is 5.56 Å². The number of hydrogen-bond donors (Lipinski definition) is 0. The number of nitrogens with zero attached hydrogens (tertiary/aromatic N) is 3. The lowest BCUT2D eigenvalue weighted by molar-refractivity contribution is 0.222. The molecule has 0 saturated heterocycles. The first kappa shape index (κ1) is 15.7. The van der Waals surface area contributed by atoms with Gasteiger partial charge in [0, 0.05) is 5.56 Å². The summed E-state index contributed by atoms with van der Waals surface area (Å²) >= 11 is 5.94. The van der Waals surface area contributed by atoms with E-state index in [1.807, 2.05) is 26.0 Å². The summed E-state index contributed by atoms with van der Waals surface area (Å²) in [6, 6.07) is 8.39. The summed E-state index contributed by atoms with van der Waals surface area (Å²) in [6.45, 7) is 10.4. The van der Waals surface area contributed by atoms with Gasteiger partial charge in [-0.05, 0) is 36.4 Å². The molecule has 0 fully saturated rings. The maximum Gasteiger partial charge on any atom is 0.321 e. The first-order valence-corrected chi connectivity index (χ1v) is 7.32. The molecule has 4 nitrogen and oxygen atoms in total. The third-order valence-corrected chi connectivity index (χ3v) is 3.11. The van der Waals surface area contributed by atoms with Crippen molar-refractivity contribution < 1.29 is 4.74 Å². The largest absolute Gasteiger partial charge is 0.461 e. The molecule has 0 bridgehead atoms. The standard InChI is InChI=1S/C16H20ClN3O/c1-10(2)21-15-19-13(18-14(17)20-15)11-6-8-12(9-7-11)16(3,4)5/h6-10H,1-5H3. The van der Waals surface area contributed by atoms with Crippen molar-refractivity contribution >= 4 is 11.6 Å². The molecule has 112 valence electrons. The fraction of sp³-hybridized carbons (Fsp3) is 0.438. The summed E-state index contributed by atoms with van der Waals surface area (Å²) in [5.74, 6) is 0.520. The summed E-state index contributed by atoms with van der Waals surface area (Å²) in [6.07, 6.45) is -0.0143. The van der Waals surface area contributed by atoms with Crippen LogP contribution in [0.5, 0.6) is 6.01 Å². The van der Waals surface area contributed by atoms with Crippen molar-refractivity contribution in [3.63, 3.8) is 0 Å². The van der Waals surface area contributed by atoms with Crippen LogP contribution in [0.2, 0.25) is 5.28 Å². The third kappa shape index (κ3) is 4.14. The van der Waals surface area contributed by atoms with E-state index in [2.05, 4.69) is 47.9 Å². The topological polar surface area (TPSA) is 47.9 Å². The average Bonchev–Trinajstić information content (AvgIpc) is 2.36. The molecule has 0 saturated carbocycles. The predicted molar refractivity (Wildman–Crippen MR) is 84.7 cm³/mol. The van der Waals surface area contributed by atoms with E-state index in [0.29, 0.717) is 5.82 Å². The Labute approximate surface area is 130 Å². The van der Waals surface area contributed by atoms with Gasteiger partial charge < -0.3 is 4.74 Å². The van der Waals surface area contributed by atoms with Crippen LogP contribution in [0.1, 0.15) is 40.2 Å². The van der Waals surface area contributed by atoms with Gasteiger partial charge in [-0.3, -0.25) is 0 Å². The van der Waals surface area contributed by atoms with Crippen LogP contribution >= 0.6 is 11.6 Å². The van der Waals surface area contributed by atoms with Gasteiger partial charge >= 0.3 is 6.01 Å². The summed E-state index contributed by atoms with van der Waals surface area (Å²) in [5, 5.41) is 0.135. The number of rotatable bonds is 3. The van der Waals surface area contributed by atoms with Crippen molar-refractivity contribution in [2.24, 2.45) is 0 Å². The van der Waals surface area contributed by atoms with Crippen LogP contribution in [-0.2, 0) is 5.41 Å². The Bertz CT molecular complexity index is 618. The van der Waals surface area contributed by atoms with Crippen molar-refractivity contribution in [1.82, 2.24) is 15.0 Å². The van der Waals surface area contributed by atoms with E-state index in [-0.39, 0.29) is 22.8 Å². The fourth-order valence-electron chi connectivity index (χ4n) is 1.84. The average molecular weight is 306 g/mol. The van der Waals surface area contributed by atoms with Crippen LogP contribution in [0.15, 0.2) is 24.3 Å². The van der Waals surface area contributed by atoms with Gasteiger partial charge in [0.05, 0.1) is 6.10 Å². The molecule has 0 aliphatic carbocycles. The lowest BCUT2D eigenvalue weighted by Gasteiger charge is -2.19. The SMILES string of the molecule is CC(C)Oc1nc(Cl)nc(-c2ccc(C(C)(C)C)cc2)n1. The van der Waals surface area contributed by atoms with Gasteiger partial charge in [-0.25, -0.2) is 0 Å². The van der Waals surface area contributed by atoms with E-state index in [9.17, 15) is 0 Å². The Kier molecular flexibility index (Phi) is 4.47. The van der Waals surface area contributed by atoms with Crippen LogP contribution in [0, 0.1) is 0 Å². The van der Waals surface area contributed by atoms with Gasteiger partial charge in [0.15, 0.2) is 5.82 Å². The summed E-state index contributed by atoms with van der Waals surface area (Å²) in [4.78, 5) is 12.5. The van der Waals surface area contributed by atoms with Crippen molar-refractivity contribution in [2.45, 2.75) is 46.1 Å². The summed E-state index contributed by atoms with van der Waals surface area (Å²) in [5.41, 5.74) is 2.26. The zero-order valence-electron chi connectivity index (χ0n) is 13.0. The maximum atomic E-state index is 5.94. The van der Waals surface area contributed by atoms with Crippen LogP contribution in [0.25, 0.3) is 11.4 Å². The molecule has 2 rings (SSSR count). The van der Waals surface area contributed by atoms with Gasteiger partial charge in [0.25, 0.3) is 0 Å². The molecule has 0 unspecified atom stereocenters. The lowest BCUT2D eigenvalue weighted by Crippen LogP contribution is -2.11. The highest BCUT2D eigenvalue weighted by molar-refractivity contribution is 6.28. The highest BCUT2D eigenvalue weighted by atomic mass is 35.5. The van der Waals surface area contributed by atoms with Gasteiger partial charge in [-0.15, -0.1) is 0 Å². The molecule has 0 atom stereocenters. The minimum atomic E-state index is -0.0143. The highest BCUT2D eigenvalue weighted by Gasteiger charge is 2.14. The van der Waals surface area contributed by atoms with E-state index in [4.69, 9.17) is 16.3 Å². The molecule has 0 amide bonds. The molecule has 2 aromatic rings. The molecule has 0 aliphatic heterocycles. The van der Waals surface area contributed by atoms with Gasteiger partial charge in [0.1, 0.15) is 0 Å². The highest BCUT2D eigenvalue weighted by Crippen LogP contribution is 2.25. The minimum Gasteiger partial charge on any atom is -0.461 e. The maximum absolute atomic E-state index is 5.94. The van der Waals surface area contributed by atoms with Crippen LogP contribution in [0.4, 0.5) is 0 Å². The molecule has 0 radical (unpaired) electrons. The summed E-state index contributed by atoms with van der Waals surface area (Å²) < 4.78 is 5.49. The first-order valence-electron chi connectivity index (χ1n) is 6.95. The number of aromatic nitrogens is 3. The summed E-state index contributed by atoms with van der Waals surface area (Å²) in [7, 11) is 0. The van der Waals surface area contributed by atoms with E-state index >= 15 is 0 Å². The normalized spacial score (nSPS) is 11.8. The van der Waals surface area contributed by atoms with Crippen molar-refractivity contribution in [3.05, 3.63) is 35.1 Å². The monoisotopic (exact) mass is 305 g/mol. The van der Waals surface area contributed by atoms with Crippen molar-refractivity contribution in [3.8, 4) is 17.4 Å². The van der Waals surface area contributed by atoms with Crippen molar-refractivity contribution in [1.29, 1.82) is 0 Å². The number of halogens is 1. The van der Waals surface area contributed by atoms with E-state index in [1.54, 1.807) is 0 Å². The molecule has 1 aromatic carbocycles. The molecular weight excluding hydrogens is 286 g/mol. The number of hydrogen-bond acceptors (Lipinski definition) is 4. The van der Waals surface area contributed by atoms with Crippen LogP contribution in [-0.4, -0.2) is 21.1 Å². The van der Waals surface area contributed by atoms with Gasteiger partial charge in [0.2, 0.25) is 5.28 Å². The zero-order valence-corrected chi connectivity index (χ0v) is 13.8. The van der Waals surface area contributed by atoms with Crippen LogP contribution < -0.4 is 4.74 Å². The molecule has 5 heteroatoms. The Morgan fingerprint density at radius 2 is 1.62 bits per heavy atom. The molecular formula is C16H20ClN3O. The second-order valence-electron chi connectivity index (χ2n) is 6.20. The molecule has 1 aromatic heterocycles. The van der Waals surface area contributed by atoms with E-state index in [1.165, 1.54) is 5.56 Å². The molecule has 0 N–H and O–H groups in total. The first-order chi connectivity index (χ1) is 9.75.